The van der Waals surface area contributed by atoms with E-state index in [2.05, 4.69) is 62.3 Å². The van der Waals surface area contributed by atoms with Gasteiger partial charge < -0.3 is 8.97 Å². The molecule has 2 aliphatic heterocycles. The van der Waals surface area contributed by atoms with Crippen LogP contribution >= 0.6 is 0 Å². The molecule has 0 saturated carbocycles. The third kappa shape index (κ3) is 2.42. The molecule has 0 amide bonds. The molecule has 5 heterocycles. The van der Waals surface area contributed by atoms with E-state index in [-0.39, 0.29) is 0 Å². The molecule has 2 aliphatic rings. The molecule has 0 spiro atoms. The molecule has 5 heteroatoms. The fraction of sp³-hybridized carbons (Fsp3) is 0.391. The van der Waals surface area contributed by atoms with Gasteiger partial charge >= 0.3 is 0 Å². The molecule has 6 rings (SSSR count). The fourth-order valence-corrected chi connectivity index (χ4v) is 5.13. The Bertz CT molecular complexity index is 1170. The predicted octanol–water partition coefficient (Wildman–Crippen LogP) is 4.32. The molecule has 142 valence electrons. The summed E-state index contributed by atoms with van der Waals surface area (Å²) in [5.41, 5.74) is 5.81. The first-order valence-corrected chi connectivity index (χ1v) is 10.5. The van der Waals surface area contributed by atoms with Crippen LogP contribution in [0.25, 0.3) is 27.8 Å². The zero-order valence-electron chi connectivity index (χ0n) is 16.3. The first-order chi connectivity index (χ1) is 13.8. The number of unbranched alkanes of at least 4 members (excludes halogenated alkanes) is 1. The van der Waals surface area contributed by atoms with Crippen LogP contribution in [-0.2, 0) is 6.54 Å². The lowest BCUT2D eigenvalue weighted by atomic mass is 10.0. The molecule has 0 aliphatic carbocycles. The number of fused-ring (bicyclic) bond motifs is 7. The number of imidazole rings is 2. The number of rotatable bonds is 4. The van der Waals surface area contributed by atoms with Gasteiger partial charge in [0, 0.05) is 43.6 Å². The van der Waals surface area contributed by atoms with Crippen molar-refractivity contribution in [1.29, 1.82) is 0 Å². The molecule has 2 bridgehead atoms. The van der Waals surface area contributed by atoms with E-state index in [0.29, 0.717) is 12.0 Å². The quantitative estimate of drug-likeness (QED) is 0.536. The summed E-state index contributed by atoms with van der Waals surface area (Å²) < 4.78 is 4.56. The van der Waals surface area contributed by atoms with Crippen LogP contribution in [0, 0.1) is 0 Å². The first kappa shape index (κ1) is 16.3. The van der Waals surface area contributed by atoms with Crippen LogP contribution < -0.4 is 0 Å². The first-order valence-electron chi connectivity index (χ1n) is 10.5. The van der Waals surface area contributed by atoms with E-state index in [0.717, 1.165) is 17.7 Å². The van der Waals surface area contributed by atoms with Crippen LogP contribution in [0.3, 0.4) is 0 Å². The fourth-order valence-electron chi connectivity index (χ4n) is 5.13. The molecule has 3 aromatic heterocycles. The highest BCUT2D eigenvalue weighted by atomic mass is 15.3. The van der Waals surface area contributed by atoms with Gasteiger partial charge in [-0.25, -0.2) is 9.97 Å². The molecule has 1 saturated heterocycles. The van der Waals surface area contributed by atoms with E-state index in [4.69, 9.17) is 4.98 Å². The molecular weight excluding hydrogens is 346 g/mol. The number of nitrogens with zero attached hydrogens (tertiary/aromatic N) is 5. The summed E-state index contributed by atoms with van der Waals surface area (Å²) in [6.07, 6.45) is 9.83. The van der Waals surface area contributed by atoms with Crippen LogP contribution in [0.5, 0.6) is 0 Å². The summed E-state index contributed by atoms with van der Waals surface area (Å²) in [6, 6.07) is 11.7. The summed E-state index contributed by atoms with van der Waals surface area (Å²) in [7, 11) is 0. The second-order valence-electron chi connectivity index (χ2n) is 8.33. The van der Waals surface area contributed by atoms with Gasteiger partial charge in [-0.15, -0.1) is 0 Å². The van der Waals surface area contributed by atoms with Crippen LogP contribution in [0.2, 0.25) is 0 Å². The van der Waals surface area contributed by atoms with E-state index in [1.807, 2.05) is 12.4 Å². The Morgan fingerprint density at radius 2 is 2.04 bits per heavy atom. The summed E-state index contributed by atoms with van der Waals surface area (Å²) in [4.78, 5) is 12.1. The Labute approximate surface area is 164 Å². The van der Waals surface area contributed by atoms with E-state index in [1.165, 1.54) is 54.8 Å². The van der Waals surface area contributed by atoms with Crippen molar-refractivity contribution in [2.45, 2.75) is 44.7 Å². The average molecular weight is 371 g/mol. The van der Waals surface area contributed by atoms with Gasteiger partial charge in [0.15, 0.2) is 0 Å². The molecule has 0 N–H and O–H groups in total. The third-order valence-corrected chi connectivity index (χ3v) is 6.59. The molecule has 4 aromatic rings. The monoisotopic (exact) mass is 371 g/mol. The maximum absolute atomic E-state index is 5.10. The minimum absolute atomic E-state index is 0.591. The van der Waals surface area contributed by atoms with Crippen molar-refractivity contribution in [3.8, 4) is 11.1 Å². The van der Waals surface area contributed by atoms with Gasteiger partial charge in [0.25, 0.3) is 0 Å². The summed E-state index contributed by atoms with van der Waals surface area (Å²) in [5.74, 6) is 1.89. The van der Waals surface area contributed by atoms with Gasteiger partial charge in [-0.2, -0.15) is 0 Å². The molecular formula is C23H25N5. The number of pyridine rings is 1. The van der Waals surface area contributed by atoms with E-state index in [1.54, 1.807) is 0 Å². The van der Waals surface area contributed by atoms with Crippen molar-refractivity contribution in [3.05, 3.63) is 54.7 Å². The third-order valence-electron chi connectivity index (χ3n) is 6.59. The Hall–Kier alpha value is -2.66. The maximum atomic E-state index is 5.10. The highest BCUT2D eigenvalue weighted by Gasteiger charge is 2.39. The van der Waals surface area contributed by atoms with Crippen molar-refractivity contribution in [2.24, 2.45) is 0 Å². The maximum Gasteiger partial charge on any atom is 0.136 e. The molecule has 28 heavy (non-hydrogen) atoms. The number of likely N-dealkylation sites (tertiary alicyclic amines) is 1. The van der Waals surface area contributed by atoms with Crippen molar-refractivity contribution in [1.82, 2.24) is 23.8 Å². The number of aromatic nitrogens is 4. The SMILES string of the molecule is CCCCN1CC2CC1Cn1c2nc2cc(-c3ccc4nccn4c3)ccc21. The average Bonchev–Trinajstić information content (AvgIpc) is 3.42. The van der Waals surface area contributed by atoms with Crippen LogP contribution in [-0.4, -0.2) is 43.0 Å². The van der Waals surface area contributed by atoms with E-state index in [9.17, 15) is 0 Å². The Kier molecular flexibility index (Phi) is 3.60. The van der Waals surface area contributed by atoms with Crippen LogP contribution in [0.1, 0.15) is 37.9 Å². The minimum atomic E-state index is 0.591. The zero-order valence-corrected chi connectivity index (χ0v) is 16.3. The Balaban J connectivity index is 1.37. The molecule has 1 aromatic carbocycles. The predicted molar refractivity (Wildman–Crippen MR) is 112 cm³/mol. The standard InChI is InChI=1S/C23H25N5/c1-2-3-9-26-14-18-11-19(26)15-28-21-6-4-16(12-20(21)25-23(18)28)17-5-7-22-24-8-10-27(22)13-17/h4-8,10,12-13,18-19H,2-3,9,11,14-15H2,1H3. The van der Waals surface area contributed by atoms with Crippen LogP contribution in [0.4, 0.5) is 0 Å². The highest BCUT2D eigenvalue weighted by molar-refractivity contribution is 5.83. The lowest BCUT2D eigenvalue weighted by molar-refractivity contribution is 0.233. The van der Waals surface area contributed by atoms with Gasteiger partial charge in [0.2, 0.25) is 0 Å². The zero-order chi connectivity index (χ0) is 18.7. The van der Waals surface area contributed by atoms with Gasteiger partial charge in [-0.1, -0.05) is 19.4 Å². The van der Waals surface area contributed by atoms with Crippen molar-refractivity contribution < 1.29 is 0 Å². The molecule has 0 radical (unpaired) electrons. The van der Waals surface area contributed by atoms with Crippen molar-refractivity contribution >= 4 is 16.7 Å². The van der Waals surface area contributed by atoms with E-state index >= 15 is 0 Å². The minimum Gasteiger partial charge on any atom is -0.326 e. The molecule has 2 atom stereocenters. The van der Waals surface area contributed by atoms with Gasteiger partial charge in [0.1, 0.15) is 11.5 Å². The van der Waals surface area contributed by atoms with Crippen LogP contribution in [0.15, 0.2) is 48.9 Å². The largest absolute Gasteiger partial charge is 0.326 e. The number of hydrogen-bond donors (Lipinski definition) is 0. The molecule has 5 nitrogen and oxygen atoms in total. The van der Waals surface area contributed by atoms with Gasteiger partial charge in [-0.05, 0) is 54.8 Å². The van der Waals surface area contributed by atoms with Gasteiger partial charge in [-0.3, -0.25) is 4.90 Å². The summed E-state index contributed by atoms with van der Waals surface area (Å²) >= 11 is 0. The Morgan fingerprint density at radius 3 is 2.96 bits per heavy atom. The number of benzene rings is 1. The van der Waals surface area contributed by atoms with Crippen molar-refractivity contribution in [2.75, 3.05) is 13.1 Å². The van der Waals surface area contributed by atoms with Crippen molar-refractivity contribution in [3.63, 3.8) is 0 Å². The summed E-state index contributed by atoms with van der Waals surface area (Å²) in [6.45, 7) is 5.79. The smallest absolute Gasteiger partial charge is 0.136 e. The van der Waals surface area contributed by atoms with E-state index < -0.39 is 0 Å². The highest BCUT2D eigenvalue weighted by Crippen LogP contribution is 2.39. The summed E-state index contributed by atoms with van der Waals surface area (Å²) in [5, 5.41) is 0. The Morgan fingerprint density at radius 1 is 1.11 bits per heavy atom. The number of hydrogen-bond acceptors (Lipinski definition) is 3. The second kappa shape index (κ2) is 6.17. The normalized spacial score (nSPS) is 21.6. The topological polar surface area (TPSA) is 38.4 Å². The molecule has 1 fully saturated rings. The lowest BCUT2D eigenvalue weighted by Crippen LogP contribution is -2.33. The second-order valence-corrected chi connectivity index (χ2v) is 8.33. The molecule has 2 unspecified atom stereocenters. The van der Waals surface area contributed by atoms with Gasteiger partial charge in [0.05, 0.1) is 11.0 Å². The lowest BCUT2D eigenvalue weighted by Gasteiger charge is -2.25.